The summed E-state index contributed by atoms with van der Waals surface area (Å²) < 4.78 is 26.8. The molecule has 3 aromatic rings. The number of anilines is 3. The van der Waals surface area contributed by atoms with E-state index < -0.39 is 10.0 Å². The molecule has 0 spiro atoms. The molecule has 8 nitrogen and oxygen atoms in total. The van der Waals surface area contributed by atoms with Gasteiger partial charge in [0, 0.05) is 75.0 Å². The molecule has 2 saturated heterocycles. The van der Waals surface area contributed by atoms with E-state index in [1.807, 2.05) is 12.1 Å². The molecular weight excluding hydrogens is 529 g/mol. The van der Waals surface area contributed by atoms with Gasteiger partial charge in [-0.2, -0.15) is 0 Å². The molecule has 1 amide bonds. The van der Waals surface area contributed by atoms with Gasteiger partial charge in [0.15, 0.2) is 5.13 Å². The van der Waals surface area contributed by atoms with Crippen LogP contribution in [-0.2, 0) is 14.8 Å². The van der Waals surface area contributed by atoms with Crippen molar-refractivity contribution in [1.29, 1.82) is 0 Å². The van der Waals surface area contributed by atoms with Crippen LogP contribution in [0.15, 0.2) is 58.9 Å². The first-order valence-corrected chi connectivity index (χ1v) is 14.2. The molecule has 0 saturated carbocycles. The Kier molecular flexibility index (Phi) is 8.51. The second kappa shape index (κ2) is 11.6. The zero-order valence-corrected chi connectivity index (χ0v) is 21.9. The largest absolute Gasteiger partial charge is 0.369 e. The molecule has 2 fully saturated rings. The van der Waals surface area contributed by atoms with Gasteiger partial charge in [0.2, 0.25) is 5.91 Å². The summed E-state index contributed by atoms with van der Waals surface area (Å²) in [4.78, 5) is 19.7. The second-order valence-electron chi connectivity index (χ2n) is 7.95. The SMILES string of the molecule is Clc1cc(Cl)cc(N2CCNCC2)c1.O=C1CCCN1c1ccc(S(=O)(=O)Nc2nccs2)cc1.[HH].[HH]. The van der Waals surface area contributed by atoms with Gasteiger partial charge in [0.1, 0.15) is 0 Å². The molecule has 0 bridgehead atoms. The van der Waals surface area contributed by atoms with Gasteiger partial charge in [-0.15, -0.1) is 11.3 Å². The summed E-state index contributed by atoms with van der Waals surface area (Å²) in [5.41, 5.74) is 1.84. The van der Waals surface area contributed by atoms with Crippen molar-refractivity contribution in [3.05, 3.63) is 64.1 Å². The van der Waals surface area contributed by atoms with Crippen molar-refractivity contribution < 1.29 is 16.1 Å². The molecule has 3 heterocycles. The number of rotatable bonds is 5. The third kappa shape index (κ3) is 6.86. The highest BCUT2D eigenvalue weighted by atomic mass is 35.5. The molecule has 0 radical (unpaired) electrons. The number of benzene rings is 2. The average molecular weight is 559 g/mol. The number of halogens is 2. The Morgan fingerprint density at radius 3 is 2.26 bits per heavy atom. The maximum atomic E-state index is 12.2. The van der Waals surface area contributed by atoms with Crippen LogP contribution in [0.2, 0.25) is 10.0 Å². The summed E-state index contributed by atoms with van der Waals surface area (Å²) in [6, 6.07) is 12.0. The molecule has 0 aliphatic carbocycles. The highest BCUT2D eigenvalue weighted by Gasteiger charge is 2.22. The Balaban J connectivity index is 0.000000265. The van der Waals surface area contributed by atoms with Crippen molar-refractivity contribution in [1.82, 2.24) is 10.3 Å². The number of piperazine rings is 1. The van der Waals surface area contributed by atoms with E-state index in [2.05, 4.69) is 19.9 Å². The van der Waals surface area contributed by atoms with Gasteiger partial charge in [-0.25, -0.2) is 13.4 Å². The second-order valence-corrected chi connectivity index (χ2v) is 11.4. The normalized spacial score (nSPS) is 16.1. The molecular formula is C23H29Cl2N5O3S2. The summed E-state index contributed by atoms with van der Waals surface area (Å²) in [6.07, 6.45) is 2.92. The topological polar surface area (TPSA) is 94.6 Å². The number of hydrogen-bond donors (Lipinski definition) is 2. The number of aromatic nitrogens is 1. The summed E-state index contributed by atoms with van der Waals surface area (Å²) in [5.74, 6) is 0.0755. The van der Waals surface area contributed by atoms with Crippen molar-refractivity contribution in [3.63, 3.8) is 0 Å². The zero-order valence-electron chi connectivity index (χ0n) is 18.8. The maximum absolute atomic E-state index is 12.2. The van der Waals surface area contributed by atoms with E-state index in [1.54, 1.807) is 28.5 Å². The van der Waals surface area contributed by atoms with E-state index in [-0.39, 0.29) is 13.7 Å². The molecule has 12 heteroatoms. The maximum Gasteiger partial charge on any atom is 0.263 e. The standard InChI is InChI=1S/C13H13N3O3S2.C10H12Cl2N2.2H2/c17-12-2-1-8-16(12)10-3-5-11(6-4-10)21(18,19)15-13-14-7-9-20-13;11-8-5-9(12)7-10(6-8)14-3-1-13-2-4-14;;/h3-7,9H,1-2,8H2,(H,14,15);5-7,13H,1-4H2;2*1H. The molecule has 0 atom stereocenters. The Labute approximate surface area is 221 Å². The van der Waals surface area contributed by atoms with Gasteiger partial charge in [0.25, 0.3) is 10.0 Å². The van der Waals surface area contributed by atoms with Crippen LogP contribution in [0.1, 0.15) is 15.7 Å². The predicted molar refractivity (Wildman–Crippen MR) is 147 cm³/mol. The van der Waals surface area contributed by atoms with Gasteiger partial charge in [-0.05, 0) is 48.9 Å². The molecule has 2 aliphatic rings. The van der Waals surface area contributed by atoms with E-state index in [0.717, 1.165) is 44.0 Å². The van der Waals surface area contributed by atoms with Crippen LogP contribution in [-0.4, -0.2) is 52.0 Å². The van der Waals surface area contributed by atoms with E-state index in [1.165, 1.54) is 29.7 Å². The molecule has 0 unspecified atom stereocenters. The van der Waals surface area contributed by atoms with Gasteiger partial charge in [-0.3, -0.25) is 9.52 Å². The Bertz CT molecular complexity index is 1240. The molecule has 5 rings (SSSR count). The molecule has 35 heavy (non-hydrogen) atoms. The predicted octanol–water partition coefficient (Wildman–Crippen LogP) is 4.97. The van der Waals surface area contributed by atoms with Crippen molar-refractivity contribution in [3.8, 4) is 0 Å². The number of hydrogen-bond acceptors (Lipinski definition) is 7. The van der Waals surface area contributed by atoms with E-state index in [4.69, 9.17) is 23.2 Å². The molecule has 1 aromatic heterocycles. The van der Waals surface area contributed by atoms with E-state index in [0.29, 0.717) is 28.1 Å². The number of carbonyl (C=O) groups is 1. The smallest absolute Gasteiger partial charge is 0.263 e. The fourth-order valence-corrected chi connectivity index (χ4v) is 6.12. The number of nitrogens with zero attached hydrogens (tertiary/aromatic N) is 3. The summed E-state index contributed by atoms with van der Waals surface area (Å²) >= 11 is 13.1. The lowest BCUT2D eigenvalue weighted by molar-refractivity contribution is -0.117. The zero-order chi connectivity index (χ0) is 24.8. The Morgan fingerprint density at radius 2 is 1.69 bits per heavy atom. The van der Waals surface area contributed by atoms with Gasteiger partial charge in [-0.1, -0.05) is 23.2 Å². The first kappa shape index (κ1) is 25.7. The quantitative estimate of drug-likeness (QED) is 0.460. The molecule has 2 aromatic carbocycles. The van der Waals surface area contributed by atoms with Crippen LogP contribution < -0.4 is 19.8 Å². The molecule has 2 N–H and O–H groups in total. The van der Waals surface area contributed by atoms with Gasteiger partial charge in [0.05, 0.1) is 4.90 Å². The van der Waals surface area contributed by atoms with Crippen LogP contribution in [0.3, 0.4) is 0 Å². The molecule has 2 aliphatic heterocycles. The first-order chi connectivity index (χ1) is 16.8. The Morgan fingerprint density at radius 1 is 1.00 bits per heavy atom. The van der Waals surface area contributed by atoms with Gasteiger partial charge >= 0.3 is 0 Å². The van der Waals surface area contributed by atoms with Crippen LogP contribution >= 0.6 is 34.5 Å². The van der Waals surface area contributed by atoms with Crippen molar-refractivity contribution in [2.45, 2.75) is 17.7 Å². The third-order valence-electron chi connectivity index (χ3n) is 5.52. The van der Waals surface area contributed by atoms with Gasteiger partial charge < -0.3 is 15.1 Å². The highest BCUT2D eigenvalue weighted by molar-refractivity contribution is 7.93. The number of thiazole rings is 1. The number of carbonyl (C=O) groups excluding carboxylic acids is 1. The summed E-state index contributed by atoms with van der Waals surface area (Å²) in [5, 5.41) is 6.73. The lowest BCUT2D eigenvalue weighted by Crippen LogP contribution is -2.43. The number of amides is 1. The minimum atomic E-state index is -3.64. The minimum Gasteiger partial charge on any atom is -0.369 e. The summed E-state index contributed by atoms with van der Waals surface area (Å²) in [7, 11) is -3.64. The number of nitrogens with one attached hydrogen (secondary N) is 2. The van der Waals surface area contributed by atoms with Crippen molar-refractivity contribution in [2.75, 3.05) is 47.2 Å². The fourth-order valence-electron chi connectivity index (χ4n) is 3.82. The van der Waals surface area contributed by atoms with Crippen LogP contribution in [0.25, 0.3) is 0 Å². The van der Waals surface area contributed by atoms with Crippen LogP contribution in [0.5, 0.6) is 0 Å². The third-order valence-corrected chi connectivity index (χ3v) is 8.12. The average Bonchev–Trinajstić information content (AvgIpc) is 3.51. The lowest BCUT2D eigenvalue weighted by atomic mass is 10.2. The monoisotopic (exact) mass is 557 g/mol. The minimum absolute atomic E-state index is 0. The first-order valence-electron chi connectivity index (χ1n) is 11.1. The van der Waals surface area contributed by atoms with Crippen molar-refractivity contribution in [2.24, 2.45) is 0 Å². The van der Waals surface area contributed by atoms with Crippen LogP contribution in [0, 0.1) is 0 Å². The molecule has 190 valence electrons. The van der Waals surface area contributed by atoms with Crippen LogP contribution in [0.4, 0.5) is 16.5 Å². The van der Waals surface area contributed by atoms with E-state index >= 15 is 0 Å². The lowest BCUT2D eigenvalue weighted by Gasteiger charge is -2.29. The Hall–Kier alpha value is -2.37. The highest BCUT2D eigenvalue weighted by Crippen LogP contribution is 2.26. The van der Waals surface area contributed by atoms with Crippen molar-refractivity contribution >= 4 is 67.0 Å². The summed E-state index contributed by atoms with van der Waals surface area (Å²) in [6.45, 7) is 4.74. The van der Waals surface area contributed by atoms with E-state index in [9.17, 15) is 13.2 Å². The number of sulfonamides is 1. The fraction of sp³-hybridized carbons (Fsp3) is 0.304.